The molecular weight excluding hydrogens is 536 g/mol. The van der Waals surface area contributed by atoms with E-state index in [4.69, 9.17) is 0 Å². The van der Waals surface area contributed by atoms with Gasteiger partial charge in [-0.15, -0.1) is 0 Å². The monoisotopic (exact) mass is 572 g/mol. The molecule has 3 aromatic rings. The third-order valence-electron chi connectivity index (χ3n) is 7.34. The van der Waals surface area contributed by atoms with Gasteiger partial charge in [0.25, 0.3) is 5.91 Å². The summed E-state index contributed by atoms with van der Waals surface area (Å²) in [7, 11) is 0.590. The molecule has 1 aliphatic heterocycles. The van der Waals surface area contributed by atoms with E-state index in [1.165, 1.54) is 14.1 Å². The van der Waals surface area contributed by atoms with Crippen molar-refractivity contribution in [3.63, 3.8) is 0 Å². The van der Waals surface area contributed by atoms with Gasteiger partial charge in [-0.1, -0.05) is 90.7 Å². The van der Waals surface area contributed by atoms with Crippen molar-refractivity contribution in [1.29, 1.82) is 0 Å². The topological polar surface area (TPSA) is 90.0 Å². The van der Waals surface area contributed by atoms with E-state index in [9.17, 15) is 18.0 Å². The Morgan fingerprint density at radius 2 is 1.44 bits per heavy atom. The van der Waals surface area contributed by atoms with Gasteiger partial charge in [0.05, 0.1) is 12.5 Å². The molecule has 1 aliphatic rings. The zero-order chi connectivity index (χ0) is 29.4. The summed E-state index contributed by atoms with van der Waals surface area (Å²) in [6.07, 6.45) is 0.899. The van der Waals surface area contributed by atoms with E-state index in [1.807, 2.05) is 98.0 Å². The quantitative estimate of drug-likeness (QED) is 0.419. The average molecular weight is 573 g/mol. The van der Waals surface area contributed by atoms with E-state index >= 15 is 0 Å². The Hall–Kier alpha value is -3.97. The number of carbonyl (C=O) groups excluding carboxylic acids is 2. The largest absolute Gasteiger partial charge is 0.330 e. The van der Waals surface area contributed by atoms with Crippen LogP contribution in [0.1, 0.15) is 35.4 Å². The van der Waals surface area contributed by atoms with E-state index in [0.29, 0.717) is 19.5 Å². The summed E-state index contributed by atoms with van der Waals surface area (Å²) in [5.74, 6) is 4.74. The second kappa shape index (κ2) is 13.6. The summed E-state index contributed by atoms with van der Waals surface area (Å²) in [5.41, 5.74) is 2.53. The van der Waals surface area contributed by atoms with Gasteiger partial charge in [0.1, 0.15) is 6.04 Å². The number of rotatable bonds is 8. The number of likely N-dealkylation sites (tertiary alicyclic amines) is 1. The Morgan fingerprint density at radius 1 is 0.902 bits per heavy atom. The molecule has 1 fully saturated rings. The van der Waals surface area contributed by atoms with Gasteiger partial charge < -0.3 is 4.90 Å². The summed E-state index contributed by atoms with van der Waals surface area (Å²) in [4.78, 5) is 31.4. The Labute approximate surface area is 243 Å². The summed E-state index contributed by atoms with van der Waals surface area (Å²) in [5, 5.41) is 0. The van der Waals surface area contributed by atoms with Gasteiger partial charge in [0.2, 0.25) is 5.91 Å². The zero-order valence-corrected chi connectivity index (χ0v) is 24.4. The lowest BCUT2D eigenvalue weighted by Gasteiger charge is -2.42. The van der Waals surface area contributed by atoms with Gasteiger partial charge in [-0.05, 0) is 43.1 Å². The second-order valence-corrected chi connectivity index (χ2v) is 12.2. The molecule has 8 nitrogen and oxygen atoms in total. The molecule has 9 heteroatoms. The first-order chi connectivity index (χ1) is 19.7. The molecule has 2 atom stereocenters. The van der Waals surface area contributed by atoms with Crippen LogP contribution in [0.2, 0.25) is 0 Å². The van der Waals surface area contributed by atoms with Crippen LogP contribution in [0.15, 0.2) is 91.0 Å². The van der Waals surface area contributed by atoms with Crippen LogP contribution in [0.5, 0.6) is 0 Å². The maximum absolute atomic E-state index is 14.3. The highest BCUT2D eigenvalue weighted by Crippen LogP contribution is 2.31. The molecule has 0 bridgehead atoms. The summed E-state index contributed by atoms with van der Waals surface area (Å²) < 4.78 is 28.3. The van der Waals surface area contributed by atoms with Crippen molar-refractivity contribution >= 4 is 22.0 Å². The first-order valence-corrected chi connectivity index (χ1v) is 15.0. The number of amides is 2. The van der Waals surface area contributed by atoms with Crippen molar-refractivity contribution in [2.75, 3.05) is 34.2 Å². The Kier molecular flexibility index (Phi) is 9.95. The molecule has 0 aromatic heterocycles. The second-order valence-electron chi connectivity index (χ2n) is 10.3. The molecule has 2 amide bonds. The first kappa shape index (κ1) is 30.0. The van der Waals surface area contributed by atoms with Gasteiger partial charge in [0.15, 0.2) is 0 Å². The summed E-state index contributed by atoms with van der Waals surface area (Å²) in [6.45, 7) is 0.769. The number of nitrogens with zero attached hydrogens (tertiary/aromatic N) is 3. The highest BCUT2D eigenvalue weighted by atomic mass is 32.2. The van der Waals surface area contributed by atoms with Crippen LogP contribution in [0.25, 0.3) is 0 Å². The molecule has 1 N–H and O–H groups in total. The Balaban J connectivity index is 1.61. The summed E-state index contributed by atoms with van der Waals surface area (Å²) >= 11 is 0. The Bertz CT molecular complexity index is 1450. The molecule has 1 saturated heterocycles. The fourth-order valence-corrected chi connectivity index (χ4v) is 5.57. The van der Waals surface area contributed by atoms with Crippen LogP contribution >= 0.6 is 0 Å². The van der Waals surface area contributed by atoms with Gasteiger partial charge in [-0.25, -0.2) is 4.72 Å². The van der Waals surface area contributed by atoms with Crippen LogP contribution in [-0.2, 0) is 19.8 Å². The maximum atomic E-state index is 14.3. The van der Waals surface area contributed by atoms with Crippen molar-refractivity contribution in [3.8, 4) is 11.8 Å². The standard InChI is InChI=1S/C32H36N4O4S/c1-34(2)41(39,40)33-31(37)29-24-28(35(3)22-13-16-25-14-7-4-8-15-25)21-23-36(29)32(38)30(26-17-9-5-10-18-26)27-19-11-6-12-20-27/h4-12,14-15,17-20,28-30H,21-24H2,1-3H3,(H,33,37). The SMILES string of the molecule is CN(CC#Cc1ccccc1)C1CCN(C(=O)C(c2ccccc2)c2ccccc2)C(C(=O)NS(=O)(=O)N(C)C)C1. The minimum atomic E-state index is -4.04. The number of hydrogen-bond acceptors (Lipinski definition) is 5. The van der Waals surface area contributed by atoms with Gasteiger partial charge in [-0.3, -0.25) is 14.5 Å². The lowest BCUT2D eigenvalue weighted by Crippen LogP contribution is -2.59. The van der Waals surface area contributed by atoms with Gasteiger partial charge in [-0.2, -0.15) is 12.7 Å². The van der Waals surface area contributed by atoms with E-state index < -0.39 is 28.1 Å². The van der Waals surface area contributed by atoms with E-state index in [1.54, 1.807) is 4.90 Å². The van der Waals surface area contributed by atoms with Gasteiger partial charge >= 0.3 is 10.2 Å². The molecule has 0 saturated carbocycles. The number of carbonyl (C=O) groups is 2. The van der Waals surface area contributed by atoms with E-state index in [0.717, 1.165) is 21.0 Å². The molecule has 0 radical (unpaired) electrons. The highest BCUT2D eigenvalue weighted by molar-refractivity contribution is 7.87. The van der Waals surface area contributed by atoms with Crippen molar-refractivity contribution < 1.29 is 18.0 Å². The molecule has 2 unspecified atom stereocenters. The third kappa shape index (κ3) is 7.61. The fourth-order valence-electron chi connectivity index (χ4n) is 5.00. The zero-order valence-electron chi connectivity index (χ0n) is 23.6. The van der Waals surface area contributed by atoms with E-state index in [2.05, 4.69) is 21.5 Å². The highest BCUT2D eigenvalue weighted by Gasteiger charge is 2.41. The van der Waals surface area contributed by atoms with Crippen molar-refractivity contribution in [3.05, 3.63) is 108 Å². The van der Waals surface area contributed by atoms with Crippen molar-refractivity contribution in [1.82, 2.24) is 18.8 Å². The number of nitrogens with one attached hydrogen (secondary N) is 1. The molecule has 214 valence electrons. The smallest absolute Gasteiger partial charge is 0.303 e. The minimum absolute atomic E-state index is 0.0752. The number of piperidine rings is 1. The van der Waals surface area contributed by atoms with Crippen molar-refractivity contribution in [2.45, 2.75) is 30.8 Å². The summed E-state index contributed by atoms with van der Waals surface area (Å²) in [6, 6.07) is 27.5. The van der Waals surface area contributed by atoms with Crippen LogP contribution in [-0.4, -0.2) is 80.7 Å². The van der Waals surface area contributed by atoms with Crippen LogP contribution in [0, 0.1) is 11.8 Å². The maximum Gasteiger partial charge on any atom is 0.303 e. The molecule has 4 rings (SSSR count). The normalized spacial score (nSPS) is 17.3. The Morgan fingerprint density at radius 3 is 1.98 bits per heavy atom. The first-order valence-electron chi connectivity index (χ1n) is 13.6. The average Bonchev–Trinajstić information content (AvgIpc) is 2.98. The predicted molar refractivity (Wildman–Crippen MR) is 160 cm³/mol. The van der Waals surface area contributed by atoms with Crippen molar-refractivity contribution in [2.24, 2.45) is 0 Å². The van der Waals surface area contributed by atoms with Crippen LogP contribution in [0.3, 0.4) is 0 Å². The number of benzene rings is 3. The molecule has 0 spiro atoms. The lowest BCUT2D eigenvalue weighted by atomic mass is 9.87. The molecule has 41 heavy (non-hydrogen) atoms. The molecule has 1 heterocycles. The molecular formula is C32H36N4O4S. The molecule has 0 aliphatic carbocycles. The predicted octanol–water partition coefficient (Wildman–Crippen LogP) is 3.08. The fraction of sp³-hybridized carbons (Fsp3) is 0.312. The third-order valence-corrected chi connectivity index (χ3v) is 8.76. The van der Waals surface area contributed by atoms with Gasteiger partial charge in [0, 0.05) is 32.2 Å². The lowest BCUT2D eigenvalue weighted by molar-refractivity contribution is -0.143. The number of hydrogen-bond donors (Lipinski definition) is 1. The van der Waals surface area contributed by atoms with Crippen LogP contribution in [0.4, 0.5) is 0 Å². The van der Waals surface area contributed by atoms with Crippen LogP contribution < -0.4 is 4.72 Å². The van der Waals surface area contributed by atoms with E-state index in [-0.39, 0.29) is 18.4 Å². The minimum Gasteiger partial charge on any atom is -0.330 e. The molecule has 3 aromatic carbocycles.